The number of benzene rings is 1. The van der Waals surface area contributed by atoms with Crippen LogP contribution in [0.5, 0.6) is 0 Å². The van der Waals surface area contributed by atoms with E-state index in [1.54, 1.807) is 0 Å². The second kappa shape index (κ2) is 10.0. The molecule has 0 radical (unpaired) electrons. The van der Waals surface area contributed by atoms with Crippen molar-refractivity contribution in [1.29, 1.82) is 0 Å². The molecular weight excluding hydrogens is 362 g/mol. The molecule has 0 unspecified atom stereocenters. The quantitative estimate of drug-likeness (QED) is 0.601. The molecule has 0 aliphatic heterocycles. The Morgan fingerprint density at radius 1 is 1.15 bits per heavy atom. The number of rotatable bonds is 8. The number of unbranched alkanes of at least 4 members (excludes halogenated alkanes) is 1. The zero-order valence-corrected chi connectivity index (χ0v) is 17.0. The van der Waals surface area contributed by atoms with Crippen LogP contribution in [-0.2, 0) is 4.79 Å². The van der Waals surface area contributed by atoms with Gasteiger partial charge in [0.2, 0.25) is 11.0 Å². The van der Waals surface area contributed by atoms with Gasteiger partial charge in [0.05, 0.1) is 0 Å². The van der Waals surface area contributed by atoms with E-state index in [1.807, 2.05) is 45.0 Å². The Hall–Kier alpha value is -2.48. The maximum atomic E-state index is 12.6. The van der Waals surface area contributed by atoms with Crippen LogP contribution in [0.3, 0.4) is 0 Å². The molecular formula is C19H27N5O2S. The Bertz CT molecular complexity index is 758. The zero-order valence-electron chi connectivity index (χ0n) is 16.2. The van der Waals surface area contributed by atoms with Crippen molar-refractivity contribution in [3.05, 3.63) is 29.8 Å². The van der Waals surface area contributed by atoms with E-state index in [4.69, 9.17) is 0 Å². The summed E-state index contributed by atoms with van der Waals surface area (Å²) in [6.45, 7) is 8.43. The van der Waals surface area contributed by atoms with E-state index in [2.05, 4.69) is 33.1 Å². The minimum atomic E-state index is -0.654. The van der Waals surface area contributed by atoms with Gasteiger partial charge in [-0.3, -0.25) is 10.1 Å². The van der Waals surface area contributed by atoms with E-state index in [9.17, 15) is 9.59 Å². The first-order chi connectivity index (χ1) is 12.9. The molecule has 8 heteroatoms. The van der Waals surface area contributed by atoms with Crippen LogP contribution in [0.25, 0.3) is 10.6 Å². The van der Waals surface area contributed by atoms with E-state index in [0.29, 0.717) is 11.7 Å². The largest absolute Gasteiger partial charge is 0.338 e. The van der Waals surface area contributed by atoms with Crippen LogP contribution in [0.2, 0.25) is 0 Å². The third-order valence-corrected chi connectivity index (χ3v) is 4.89. The maximum absolute atomic E-state index is 12.6. The van der Waals surface area contributed by atoms with E-state index in [1.165, 1.54) is 16.9 Å². The Balaban J connectivity index is 1.98. The predicted molar refractivity (Wildman–Crippen MR) is 109 cm³/mol. The zero-order chi connectivity index (χ0) is 19.8. The van der Waals surface area contributed by atoms with Gasteiger partial charge in [0.25, 0.3) is 0 Å². The standard InChI is InChI=1S/C19H27N5O2S/c1-5-6-11-20-18(26)21-15(12(2)3)16(25)22-19-24-23-17(27-19)14-9-7-13(4)8-10-14/h7-10,12,15H,5-6,11H2,1-4H3,(H2,20,21,26)(H,22,24,25)/t15-/m1/s1. The number of nitrogens with zero attached hydrogens (tertiary/aromatic N) is 2. The number of carbonyl (C=O) groups excluding carboxylic acids is 2. The van der Waals surface area contributed by atoms with Gasteiger partial charge in [0.15, 0.2) is 0 Å². The summed E-state index contributed by atoms with van der Waals surface area (Å²) in [7, 11) is 0. The molecule has 2 aromatic rings. The first-order valence-corrected chi connectivity index (χ1v) is 9.98. The lowest BCUT2D eigenvalue weighted by Crippen LogP contribution is -2.50. The summed E-state index contributed by atoms with van der Waals surface area (Å²) in [4.78, 5) is 24.6. The van der Waals surface area contributed by atoms with Gasteiger partial charge in [0.1, 0.15) is 11.0 Å². The lowest BCUT2D eigenvalue weighted by atomic mass is 10.0. The van der Waals surface area contributed by atoms with Crippen LogP contribution < -0.4 is 16.0 Å². The molecule has 0 aliphatic rings. The van der Waals surface area contributed by atoms with Gasteiger partial charge in [0, 0.05) is 12.1 Å². The minimum Gasteiger partial charge on any atom is -0.338 e. The summed E-state index contributed by atoms with van der Waals surface area (Å²) in [5.41, 5.74) is 2.12. The van der Waals surface area contributed by atoms with Crippen LogP contribution in [0.4, 0.5) is 9.93 Å². The fourth-order valence-corrected chi connectivity index (χ4v) is 3.13. The summed E-state index contributed by atoms with van der Waals surface area (Å²) in [5, 5.41) is 17.6. The van der Waals surface area contributed by atoms with Gasteiger partial charge in [-0.05, 0) is 19.3 Å². The van der Waals surface area contributed by atoms with Crippen LogP contribution >= 0.6 is 11.3 Å². The van der Waals surface area contributed by atoms with Gasteiger partial charge in [-0.25, -0.2) is 4.79 Å². The molecule has 0 saturated carbocycles. The maximum Gasteiger partial charge on any atom is 0.315 e. The van der Waals surface area contributed by atoms with Gasteiger partial charge in [-0.15, -0.1) is 10.2 Å². The molecule has 1 aromatic carbocycles. The molecule has 0 bridgehead atoms. The molecule has 1 aromatic heterocycles. The highest BCUT2D eigenvalue weighted by atomic mass is 32.1. The summed E-state index contributed by atoms with van der Waals surface area (Å²) >= 11 is 1.30. The molecule has 3 N–H and O–H groups in total. The highest BCUT2D eigenvalue weighted by Gasteiger charge is 2.25. The second-order valence-electron chi connectivity index (χ2n) is 6.74. The Morgan fingerprint density at radius 3 is 2.48 bits per heavy atom. The van der Waals surface area contributed by atoms with Crippen molar-refractivity contribution in [3.8, 4) is 10.6 Å². The molecule has 1 heterocycles. The Morgan fingerprint density at radius 2 is 1.85 bits per heavy atom. The number of aryl methyl sites for hydroxylation is 1. The average Bonchev–Trinajstić information content (AvgIpc) is 3.08. The lowest BCUT2D eigenvalue weighted by Gasteiger charge is -2.21. The highest BCUT2D eigenvalue weighted by Crippen LogP contribution is 2.26. The molecule has 0 spiro atoms. The van der Waals surface area contributed by atoms with Gasteiger partial charge in [-0.1, -0.05) is 68.4 Å². The molecule has 0 saturated heterocycles. The number of amides is 3. The smallest absolute Gasteiger partial charge is 0.315 e. The normalized spacial score (nSPS) is 11.9. The van der Waals surface area contributed by atoms with Crippen LogP contribution in [-0.4, -0.2) is 34.7 Å². The molecule has 7 nitrogen and oxygen atoms in total. The van der Waals surface area contributed by atoms with Crippen LogP contribution in [0.1, 0.15) is 39.2 Å². The van der Waals surface area contributed by atoms with Crippen LogP contribution in [0.15, 0.2) is 24.3 Å². The summed E-state index contributed by atoms with van der Waals surface area (Å²) < 4.78 is 0. The van der Waals surface area contributed by atoms with Gasteiger partial charge < -0.3 is 10.6 Å². The SMILES string of the molecule is CCCCNC(=O)N[C@@H](C(=O)Nc1nnc(-c2ccc(C)cc2)s1)C(C)C. The number of hydrogen-bond donors (Lipinski definition) is 3. The third kappa shape index (κ3) is 6.32. The van der Waals surface area contributed by atoms with Crippen LogP contribution in [0, 0.1) is 12.8 Å². The molecule has 3 amide bonds. The molecule has 146 valence electrons. The fourth-order valence-electron chi connectivity index (χ4n) is 2.38. The van der Waals surface area contributed by atoms with E-state index >= 15 is 0 Å². The highest BCUT2D eigenvalue weighted by molar-refractivity contribution is 7.18. The van der Waals surface area contributed by atoms with Crippen molar-refractivity contribution in [2.75, 3.05) is 11.9 Å². The molecule has 27 heavy (non-hydrogen) atoms. The van der Waals surface area contributed by atoms with Crippen molar-refractivity contribution in [2.24, 2.45) is 5.92 Å². The van der Waals surface area contributed by atoms with Crippen molar-refractivity contribution >= 4 is 28.4 Å². The van der Waals surface area contributed by atoms with Gasteiger partial charge in [-0.2, -0.15) is 0 Å². The molecule has 2 rings (SSSR count). The summed E-state index contributed by atoms with van der Waals surface area (Å²) in [5.74, 6) is -0.367. The Kier molecular flexibility index (Phi) is 7.72. The summed E-state index contributed by atoms with van der Waals surface area (Å²) in [6.07, 6.45) is 1.90. The number of anilines is 1. The monoisotopic (exact) mass is 389 g/mol. The minimum absolute atomic E-state index is 0.0635. The molecule has 1 atom stereocenters. The fraction of sp³-hybridized carbons (Fsp3) is 0.474. The lowest BCUT2D eigenvalue weighted by molar-refractivity contribution is -0.118. The third-order valence-electron chi connectivity index (χ3n) is 4.01. The van der Waals surface area contributed by atoms with Crippen molar-refractivity contribution in [1.82, 2.24) is 20.8 Å². The Labute approximate surface area is 164 Å². The van der Waals surface area contributed by atoms with Crippen molar-refractivity contribution < 1.29 is 9.59 Å². The number of hydrogen-bond acceptors (Lipinski definition) is 5. The molecule has 0 fully saturated rings. The second-order valence-corrected chi connectivity index (χ2v) is 7.72. The van der Waals surface area contributed by atoms with E-state index in [-0.39, 0.29) is 17.9 Å². The van der Waals surface area contributed by atoms with Crippen molar-refractivity contribution in [2.45, 2.75) is 46.6 Å². The number of carbonyl (C=O) groups is 2. The number of nitrogens with one attached hydrogen (secondary N) is 3. The summed E-state index contributed by atoms with van der Waals surface area (Å²) in [6, 6.07) is 6.96. The number of urea groups is 1. The van der Waals surface area contributed by atoms with Gasteiger partial charge >= 0.3 is 6.03 Å². The first kappa shape index (κ1) is 20.8. The first-order valence-electron chi connectivity index (χ1n) is 9.16. The van der Waals surface area contributed by atoms with Crippen molar-refractivity contribution in [3.63, 3.8) is 0 Å². The predicted octanol–water partition coefficient (Wildman–Crippen LogP) is 3.58. The average molecular weight is 390 g/mol. The van der Waals surface area contributed by atoms with E-state index < -0.39 is 6.04 Å². The number of aromatic nitrogens is 2. The van der Waals surface area contributed by atoms with E-state index in [0.717, 1.165) is 23.4 Å². The molecule has 0 aliphatic carbocycles. The topological polar surface area (TPSA) is 96.0 Å².